The number of β-lactam (4-membered cyclic amide) rings is 1. The third-order valence-electron chi connectivity index (χ3n) is 2.75. The summed E-state index contributed by atoms with van der Waals surface area (Å²) in [5.74, 6) is -1.59. The predicted molar refractivity (Wildman–Crippen MR) is 46.5 cm³/mol. The molecule has 3 N–H and O–H groups in total. The number of methoxy groups -OCH3 is 1. The molecule has 0 unspecified atom stereocenters. The van der Waals surface area contributed by atoms with Crippen LogP contribution in [0.4, 0.5) is 0 Å². The molecule has 2 saturated heterocycles. The minimum Gasteiger partial charge on any atom is -0.478 e. The van der Waals surface area contributed by atoms with Gasteiger partial charge in [0.05, 0.1) is 6.04 Å². The van der Waals surface area contributed by atoms with Crippen molar-refractivity contribution in [3.8, 4) is 0 Å². The second-order valence-corrected chi connectivity index (χ2v) is 3.57. The fourth-order valence-corrected chi connectivity index (χ4v) is 1.93. The molecule has 0 radical (unpaired) electrons. The summed E-state index contributed by atoms with van der Waals surface area (Å²) in [5, 5.41) is 8.86. The fourth-order valence-electron chi connectivity index (χ4n) is 1.93. The van der Waals surface area contributed by atoms with E-state index in [2.05, 4.69) is 0 Å². The minimum absolute atomic E-state index is 0.294. The van der Waals surface area contributed by atoms with E-state index in [0.717, 1.165) is 4.90 Å². The molecule has 84 valence electrons. The molecule has 0 spiro atoms. The minimum atomic E-state index is -1.28. The zero-order valence-corrected chi connectivity index (χ0v) is 8.12. The van der Waals surface area contributed by atoms with Gasteiger partial charge in [-0.2, -0.15) is 0 Å². The molecular weight excluding hydrogens is 204 g/mol. The van der Waals surface area contributed by atoms with Gasteiger partial charge in [-0.05, 0) is 0 Å². The summed E-state index contributed by atoms with van der Waals surface area (Å²) < 4.78 is 10.0. The van der Waals surface area contributed by atoms with Gasteiger partial charge in [-0.25, -0.2) is 4.79 Å². The van der Waals surface area contributed by atoms with Gasteiger partial charge < -0.3 is 25.2 Å². The molecule has 2 aliphatic rings. The van der Waals surface area contributed by atoms with Crippen LogP contribution >= 0.6 is 0 Å². The van der Waals surface area contributed by atoms with Crippen LogP contribution in [-0.2, 0) is 19.1 Å². The van der Waals surface area contributed by atoms with Gasteiger partial charge in [-0.3, -0.25) is 4.79 Å². The molecule has 0 bridgehead atoms. The Kier molecular flexibility index (Phi) is 2.37. The molecule has 0 aromatic carbocycles. The van der Waals surface area contributed by atoms with Crippen molar-refractivity contribution in [3.63, 3.8) is 0 Å². The first kappa shape index (κ1) is 10.3. The molecule has 0 aromatic rings. The molecule has 2 aliphatic heterocycles. The lowest BCUT2D eigenvalue weighted by Crippen LogP contribution is -2.76. The van der Waals surface area contributed by atoms with E-state index in [1.165, 1.54) is 7.11 Å². The second kappa shape index (κ2) is 3.44. The van der Waals surface area contributed by atoms with Crippen LogP contribution in [0.25, 0.3) is 0 Å². The van der Waals surface area contributed by atoms with Gasteiger partial charge in [-0.1, -0.05) is 0 Å². The predicted octanol–water partition coefficient (Wildman–Crippen LogP) is -1.67. The molecule has 2 heterocycles. The van der Waals surface area contributed by atoms with Crippen LogP contribution < -0.4 is 5.73 Å². The quantitative estimate of drug-likeness (QED) is 0.535. The molecular formula is C8H12N2O5. The van der Waals surface area contributed by atoms with E-state index in [-0.39, 0.29) is 11.9 Å². The van der Waals surface area contributed by atoms with Crippen LogP contribution in [0.2, 0.25) is 0 Å². The van der Waals surface area contributed by atoms with Crippen molar-refractivity contribution in [2.24, 2.45) is 5.73 Å². The normalized spacial score (nSPS) is 39.6. The summed E-state index contributed by atoms with van der Waals surface area (Å²) >= 11 is 0. The standard InChI is InChI=1S/C8H12N2O5/c1-14-4-2-3-5(9)6(11)10(3)7(15-4)8(12)13/h3-5,7H,2,9H2,1H3,(H,12,13)/t3-,4-,5-,7+/m0/s1. The highest BCUT2D eigenvalue weighted by Gasteiger charge is 2.55. The Morgan fingerprint density at radius 2 is 2.40 bits per heavy atom. The summed E-state index contributed by atoms with van der Waals surface area (Å²) in [6, 6.07) is -0.925. The van der Waals surface area contributed by atoms with Crippen molar-refractivity contribution < 1.29 is 24.2 Å². The lowest BCUT2D eigenvalue weighted by molar-refractivity contribution is -0.261. The Morgan fingerprint density at radius 1 is 1.73 bits per heavy atom. The zero-order chi connectivity index (χ0) is 11.2. The van der Waals surface area contributed by atoms with Gasteiger partial charge in [0.2, 0.25) is 12.1 Å². The lowest BCUT2D eigenvalue weighted by Gasteiger charge is -2.52. The van der Waals surface area contributed by atoms with Crippen LogP contribution in [0.3, 0.4) is 0 Å². The number of carbonyl (C=O) groups is 2. The Balaban J connectivity index is 2.17. The number of nitrogens with two attached hydrogens (primary N) is 1. The molecule has 15 heavy (non-hydrogen) atoms. The topological polar surface area (TPSA) is 102 Å². The Hall–Kier alpha value is -1.18. The molecule has 0 saturated carbocycles. The number of carboxylic acid groups (broad SMARTS) is 1. The smallest absolute Gasteiger partial charge is 0.354 e. The van der Waals surface area contributed by atoms with E-state index in [1.807, 2.05) is 0 Å². The maximum absolute atomic E-state index is 11.3. The number of ether oxygens (including phenoxy) is 2. The number of amides is 1. The van der Waals surface area contributed by atoms with Crippen LogP contribution in [0, 0.1) is 0 Å². The molecule has 2 rings (SSSR count). The lowest BCUT2D eigenvalue weighted by atomic mass is 9.90. The highest BCUT2D eigenvalue weighted by molar-refractivity contribution is 5.92. The number of carboxylic acids is 1. The molecule has 7 heteroatoms. The van der Waals surface area contributed by atoms with Crippen LogP contribution in [-0.4, -0.2) is 53.6 Å². The van der Waals surface area contributed by atoms with Crippen molar-refractivity contribution in [3.05, 3.63) is 0 Å². The monoisotopic (exact) mass is 216 g/mol. The molecule has 1 amide bonds. The number of carbonyl (C=O) groups excluding carboxylic acids is 1. The van der Waals surface area contributed by atoms with Gasteiger partial charge >= 0.3 is 5.97 Å². The summed E-state index contributed by atoms with van der Waals surface area (Å²) in [5.41, 5.74) is 5.56. The molecule has 2 fully saturated rings. The van der Waals surface area contributed by atoms with Crippen LogP contribution in [0.1, 0.15) is 6.42 Å². The highest BCUT2D eigenvalue weighted by atomic mass is 16.7. The third kappa shape index (κ3) is 1.39. The molecule has 0 aliphatic carbocycles. The van der Waals surface area contributed by atoms with Gasteiger partial charge in [0.15, 0.2) is 6.29 Å². The van der Waals surface area contributed by atoms with Crippen LogP contribution in [0.5, 0.6) is 0 Å². The Labute approximate surface area is 85.7 Å². The van der Waals surface area contributed by atoms with E-state index in [4.69, 9.17) is 20.3 Å². The Bertz CT molecular complexity index is 307. The first-order valence-corrected chi connectivity index (χ1v) is 4.55. The van der Waals surface area contributed by atoms with Crippen molar-refractivity contribution >= 4 is 11.9 Å². The fraction of sp³-hybridized carbons (Fsp3) is 0.750. The van der Waals surface area contributed by atoms with Crippen LogP contribution in [0.15, 0.2) is 0 Å². The number of hydrogen-bond acceptors (Lipinski definition) is 5. The summed E-state index contributed by atoms with van der Waals surface area (Å²) in [6.07, 6.45) is -1.49. The number of nitrogens with zero attached hydrogens (tertiary/aromatic N) is 1. The van der Waals surface area contributed by atoms with E-state index in [1.54, 1.807) is 0 Å². The average molecular weight is 216 g/mol. The largest absolute Gasteiger partial charge is 0.478 e. The summed E-state index contributed by atoms with van der Waals surface area (Å²) in [6.45, 7) is 0. The van der Waals surface area contributed by atoms with E-state index in [0.29, 0.717) is 6.42 Å². The molecule has 4 atom stereocenters. The van der Waals surface area contributed by atoms with E-state index >= 15 is 0 Å². The van der Waals surface area contributed by atoms with Crippen molar-refractivity contribution in [1.29, 1.82) is 0 Å². The number of fused-ring (bicyclic) bond motifs is 1. The number of aliphatic carboxylic acids is 1. The van der Waals surface area contributed by atoms with Gasteiger partial charge in [0.25, 0.3) is 0 Å². The molecule has 7 nitrogen and oxygen atoms in total. The zero-order valence-electron chi connectivity index (χ0n) is 8.12. The summed E-state index contributed by atoms with van der Waals surface area (Å²) in [7, 11) is 1.42. The van der Waals surface area contributed by atoms with Crippen molar-refractivity contribution in [1.82, 2.24) is 4.90 Å². The number of hydrogen-bond donors (Lipinski definition) is 2. The number of rotatable bonds is 2. The average Bonchev–Trinajstić information content (AvgIpc) is 2.25. The first-order chi connectivity index (χ1) is 7.06. The SMILES string of the molecule is CO[C@@H]1C[C@H]2[C@H](N)C(=O)N2[C@@H](C(=O)O)O1. The van der Waals surface area contributed by atoms with E-state index < -0.39 is 24.5 Å². The Morgan fingerprint density at radius 3 is 2.93 bits per heavy atom. The maximum Gasteiger partial charge on any atom is 0.354 e. The maximum atomic E-state index is 11.3. The second-order valence-electron chi connectivity index (χ2n) is 3.57. The van der Waals surface area contributed by atoms with Crippen molar-refractivity contribution in [2.45, 2.75) is 31.0 Å². The first-order valence-electron chi connectivity index (χ1n) is 4.55. The summed E-state index contributed by atoms with van der Waals surface area (Å²) in [4.78, 5) is 23.3. The van der Waals surface area contributed by atoms with Gasteiger partial charge in [0, 0.05) is 13.5 Å². The third-order valence-corrected chi connectivity index (χ3v) is 2.75. The van der Waals surface area contributed by atoms with Gasteiger partial charge in [-0.15, -0.1) is 0 Å². The van der Waals surface area contributed by atoms with Gasteiger partial charge in [0.1, 0.15) is 6.04 Å². The van der Waals surface area contributed by atoms with E-state index in [9.17, 15) is 9.59 Å². The molecule has 0 aromatic heterocycles. The highest BCUT2D eigenvalue weighted by Crippen LogP contribution is 2.32. The van der Waals surface area contributed by atoms with Crippen molar-refractivity contribution in [2.75, 3.05) is 7.11 Å².